The molecule has 3 nitrogen and oxygen atoms in total. The van der Waals surface area contributed by atoms with Crippen LogP contribution >= 0.6 is 0 Å². The second kappa shape index (κ2) is 5.54. The summed E-state index contributed by atoms with van der Waals surface area (Å²) in [5.74, 6) is 0. The van der Waals surface area contributed by atoms with Gasteiger partial charge < -0.3 is 0 Å². The maximum atomic E-state index is 10.0. The maximum absolute atomic E-state index is 10.0. The number of unbranched alkanes of at least 4 members (excludes halogenated alkanes) is 1. The summed E-state index contributed by atoms with van der Waals surface area (Å²) >= 11 is 0. The highest BCUT2D eigenvalue weighted by Gasteiger charge is 2.00. The van der Waals surface area contributed by atoms with Gasteiger partial charge in [0.25, 0.3) is 0 Å². The van der Waals surface area contributed by atoms with Gasteiger partial charge in [-0.15, -0.1) is 5.01 Å². The molecule has 1 N–H and O–H groups in total. The molecule has 0 rings (SSSR count). The van der Waals surface area contributed by atoms with Crippen LogP contribution in [0.2, 0.25) is 0 Å². The van der Waals surface area contributed by atoms with Crippen LogP contribution < -0.4 is 5.29 Å². The van der Waals surface area contributed by atoms with Crippen molar-refractivity contribution in [3.05, 3.63) is 4.91 Å². The van der Waals surface area contributed by atoms with Crippen molar-refractivity contribution in [3.8, 4) is 0 Å². The Kier molecular flexibility index (Phi) is 5.17. The van der Waals surface area contributed by atoms with Gasteiger partial charge in [0.05, 0.1) is 13.1 Å². The van der Waals surface area contributed by atoms with Crippen LogP contribution in [0.3, 0.4) is 0 Å². The van der Waals surface area contributed by atoms with Gasteiger partial charge in [0.15, 0.2) is 0 Å². The average Bonchev–Trinajstić information content (AvgIpc) is 1.91. The van der Waals surface area contributed by atoms with E-state index in [9.17, 15) is 4.91 Å². The summed E-state index contributed by atoms with van der Waals surface area (Å²) in [6.07, 6.45) is 2.22. The van der Waals surface area contributed by atoms with Crippen LogP contribution in [-0.2, 0) is 0 Å². The van der Waals surface area contributed by atoms with Crippen LogP contribution in [0.4, 0.5) is 0 Å². The lowest BCUT2D eigenvalue weighted by atomic mass is 10.3. The Morgan fingerprint density at radius 2 is 2.11 bits per heavy atom. The second-order valence-corrected chi connectivity index (χ2v) is 2.02. The highest BCUT2D eigenvalue weighted by Crippen LogP contribution is 1.86. The number of nitrogens with one attached hydrogen (secondary N) is 1. The Morgan fingerprint density at radius 1 is 1.44 bits per heavy atom. The summed E-state index contributed by atoms with van der Waals surface area (Å²) < 4.78 is 0. The molecule has 0 atom stereocenters. The topological polar surface area (TPSA) is 34.3 Å². The van der Waals surface area contributed by atoms with Crippen molar-refractivity contribution in [1.82, 2.24) is 5.01 Å². The van der Waals surface area contributed by atoms with E-state index in [1.54, 1.807) is 5.01 Å². The second-order valence-electron chi connectivity index (χ2n) is 2.02. The predicted molar refractivity (Wildman–Crippen MR) is 36.5 cm³/mol. The predicted octanol–water partition coefficient (Wildman–Crippen LogP) is -0.130. The molecule has 0 aliphatic carbocycles. The third-order valence-corrected chi connectivity index (χ3v) is 1.29. The minimum atomic E-state index is 0.781. The lowest BCUT2D eigenvalue weighted by molar-refractivity contribution is -0.663. The van der Waals surface area contributed by atoms with Gasteiger partial charge in [0.2, 0.25) is 0 Å². The summed E-state index contributed by atoms with van der Waals surface area (Å²) in [4.78, 5) is 10.0. The molecule has 0 spiro atoms. The molecule has 0 fully saturated rings. The Balaban J connectivity index is 3.20. The molecule has 0 saturated heterocycles. The first-order chi connectivity index (χ1) is 4.35. The molecular weight excluding hydrogens is 116 g/mol. The molecule has 0 unspecified atom stereocenters. The molecule has 0 aliphatic heterocycles. The Labute approximate surface area is 56.0 Å². The number of nitrogens with zero attached hydrogens (tertiary/aromatic N) is 1. The molecule has 9 heavy (non-hydrogen) atoms. The van der Waals surface area contributed by atoms with Crippen LogP contribution in [-0.4, -0.2) is 18.1 Å². The molecule has 3 heteroatoms. The normalized spacial score (nSPS) is 9.11. The minimum absolute atomic E-state index is 0.781. The zero-order chi connectivity index (χ0) is 7.11. The fourth-order valence-corrected chi connectivity index (χ4v) is 0.617. The number of rotatable bonds is 5. The van der Waals surface area contributed by atoms with Crippen molar-refractivity contribution >= 4 is 0 Å². The van der Waals surface area contributed by atoms with Crippen molar-refractivity contribution in [2.24, 2.45) is 0 Å². The monoisotopic (exact) mass is 131 g/mol. The zero-order valence-electron chi connectivity index (χ0n) is 6.18. The van der Waals surface area contributed by atoms with Gasteiger partial charge >= 0.3 is 0 Å². The van der Waals surface area contributed by atoms with Crippen LogP contribution in [0.25, 0.3) is 0 Å². The lowest BCUT2D eigenvalue weighted by Crippen LogP contribution is -2.77. The van der Waals surface area contributed by atoms with E-state index in [0.29, 0.717) is 0 Å². The van der Waals surface area contributed by atoms with Crippen molar-refractivity contribution in [2.45, 2.75) is 26.7 Å². The Hall–Kier alpha value is -0.600. The third-order valence-electron chi connectivity index (χ3n) is 1.29. The zero-order valence-corrected chi connectivity index (χ0v) is 6.18. The Morgan fingerprint density at radius 3 is 2.44 bits per heavy atom. The van der Waals surface area contributed by atoms with E-state index in [2.05, 4.69) is 6.92 Å². The van der Waals surface area contributed by atoms with Gasteiger partial charge in [-0.25, -0.2) is 0 Å². The molecule has 0 aromatic heterocycles. The van der Waals surface area contributed by atoms with Crippen molar-refractivity contribution in [2.75, 3.05) is 13.1 Å². The lowest BCUT2D eigenvalue weighted by Gasteiger charge is -2.03. The maximum Gasteiger partial charge on any atom is 0.102 e. The molecule has 0 amide bonds. The van der Waals surface area contributed by atoms with Crippen molar-refractivity contribution < 1.29 is 5.29 Å². The summed E-state index contributed by atoms with van der Waals surface area (Å²) in [5.41, 5.74) is 0. The van der Waals surface area contributed by atoms with E-state index >= 15 is 0 Å². The van der Waals surface area contributed by atoms with E-state index in [4.69, 9.17) is 0 Å². The van der Waals surface area contributed by atoms with Crippen LogP contribution in [0.5, 0.6) is 0 Å². The molecule has 0 heterocycles. The van der Waals surface area contributed by atoms with Gasteiger partial charge in [0, 0.05) is 4.91 Å². The van der Waals surface area contributed by atoms with E-state index in [-0.39, 0.29) is 0 Å². The first kappa shape index (κ1) is 8.40. The first-order valence-corrected chi connectivity index (χ1v) is 3.47. The van der Waals surface area contributed by atoms with Gasteiger partial charge in [-0.3, -0.25) is 0 Å². The molecule has 0 aromatic rings. The largest absolute Gasteiger partial charge is 0.143 e. The highest BCUT2D eigenvalue weighted by molar-refractivity contribution is 4.38. The Bertz CT molecular complexity index is 75.5. The number of hydrogen-bond acceptors (Lipinski definition) is 1. The van der Waals surface area contributed by atoms with Crippen molar-refractivity contribution in [3.63, 3.8) is 0 Å². The fourth-order valence-electron chi connectivity index (χ4n) is 0.617. The molecule has 0 aromatic carbocycles. The van der Waals surface area contributed by atoms with Crippen LogP contribution in [0.15, 0.2) is 0 Å². The van der Waals surface area contributed by atoms with E-state index in [0.717, 1.165) is 25.9 Å². The first-order valence-electron chi connectivity index (χ1n) is 3.47. The van der Waals surface area contributed by atoms with Gasteiger partial charge in [-0.2, -0.15) is 0 Å². The van der Waals surface area contributed by atoms with E-state index < -0.39 is 0 Å². The third kappa shape index (κ3) is 3.94. The van der Waals surface area contributed by atoms with Crippen LogP contribution in [0, 0.1) is 4.91 Å². The molecule has 0 aliphatic rings. The fraction of sp³-hybridized carbons (Fsp3) is 1.00. The molecule has 0 bridgehead atoms. The standard InChI is InChI=1S/C6H14N2O/c1-3-5-6-8(4-2)7-9/h3-6H2,1-2H3/p+1. The highest BCUT2D eigenvalue weighted by atomic mass is 16.3. The quantitative estimate of drug-likeness (QED) is 0.527. The van der Waals surface area contributed by atoms with Gasteiger partial charge in [-0.05, 0) is 13.3 Å². The van der Waals surface area contributed by atoms with E-state index in [1.165, 1.54) is 0 Å². The smallest absolute Gasteiger partial charge is 0.102 e. The molecule has 0 saturated carbocycles. The SMILES string of the molecule is CCCCN(CC)[NH+]=O. The summed E-state index contributed by atoms with van der Waals surface area (Å²) in [6.45, 7) is 5.71. The van der Waals surface area contributed by atoms with Crippen molar-refractivity contribution in [1.29, 1.82) is 0 Å². The average molecular weight is 131 g/mol. The summed E-state index contributed by atoms with van der Waals surface area (Å²) in [5, 5.41) is 3.53. The van der Waals surface area contributed by atoms with Crippen LogP contribution in [0.1, 0.15) is 26.7 Å². The van der Waals surface area contributed by atoms with Gasteiger partial charge in [-0.1, -0.05) is 13.3 Å². The van der Waals surface area contributed by atoms with E-state index in [1.807, 2.05) is 12.2 Å². The number of hydrazine groups is 1. The minimum Gasteiger partial charge on any atom is -0.143 e. The number of nitroso groups, excluding NO2 is 1. The molecule has 0 radical (unpaired) electrons. The molecular formula is C6H15N2O+. The molecule has 54 valence electrons. The van der Waals surface area contributed by atoms with Gasteiger partial charge in [0.1, 0.15) is 5.29 Å². The summed E-state index contributed by atoms with van der Waals surface area (Å²) in [7, 11) is 0. The summed E-state index contributed by atoms with van der Waals surface area (Å²) in [6, 6.07) is 0. The number of hydrogen-bond donors (Lipinski definition) is 1.